The molecule has 0 radical (unpaired) electrons. The zero-order chi connectivity index (χ0) is 12.4. The van der Waals surface area contributed by atoms with Crippen LogP contribution in [0.1, 0.15) is 37.6 Å². The van der Waals surface area contributed by atoms with Crippen molar-refractivity contribution in [3.8, 4) is 0 Å². The van der Waals surface area contributed by atoms with Gasteiger partial charge in [0.15, 0.2) is 0 Å². The summed E-state index contributed by atoms with van der Waals surface area (Å²) in [7, 11) is 0. The zero-order valence-electron chi connectivity index (χ0n) is 10.5. The third-order valence-electron chi connectivity index (χ3n) is 3.90. The van der Waals surface area contributed by atoms with Crippen LogP contribution in [0.2, 0.25) is 0 Å². The monoisotopic (exact) mass is 316 g/mol. The SMILES string of the molecule is CC1CCCN(C(C)c2ccc(Br)s2)C1CN. The van der Waals surface area contributed by atoms with Crippen LogP contribution in [0.3, 0.4) is 0 Å². The van der Waals surface area contributed by atoms with E-state index in [0.29, 0.717) is 12.1 Å². The standard InChI is InChI=1S/C13H21BrN2S/c1-9-4-3-7-16(11(9)8-15)10(2)12-5-6-13(14)17-12/h5-6,9-11H,3-4,7-8,15H2,1-2H3. The minimum Gasteiger partial charge on any atom is -0.329 e. The van der Waals surface area contributed by atoms with Gasteiger partial charge < -0.3 is 5.73 Å². The van der Waals surface area contributed by atoms with Crippen LogP contribution in [-0.4, -0.2) is 24.0 Å². The third kappa shape index (κ3) is 2.92. The van der Waals surface area contributed by atoms with Gasteiger partial charge in [0.1, 0.15) is 0 Å². The molecule has 2 rings (SSSR count). The number of piperidine rings is 1. The van der Waals surface area contributed by atoms with Crippen molar-refractivity contribution in [3.63, 3.8) is 0 Å². The number of hydrogen-bond donors (Lipinski definition) is 1. The number of nitrogens with zero attached hydrogens (tertiary/aromatic N) is 1. The second-order valence-corrected chi connectivity index (χ2v) is 7.47. The molecule has 0 aliphatic carbocycles. The Morgan fingerprint density at radius 2 is 2.35 bits per heavy atom. The van der Waals surface area contributed by atoms with Crippen LogP contribution in [0.15, 0.2) is 15.9 Å². The number of nitrogens with two attached hydrogens (primary N) is 1. The van der Waals surface area contributed by atoms with E-state index in [1.807, 2.05) is 11.3 Å². The fourth-order valence-corrected chi connectivity index (χ4v) is 4.34. The van der Waals surface area contributed by atoms with Gasteiger partial charge in [-0.15, -0.1) is 11.3 Å². The number of hydrogen-bond acceptors (Lipinski definition) is 3. The van der Waals surface area contributed by atoms with E-state index in [-0.39, 0.29) is 0 Å². The van der Waals surface area contributed by atoms with Crippen molar-refractivity contribution in [1.82, 2.24) is 4.90 Å². The second-order valence-electron chi connectivity index (χ2n) is 4.98. The van der Waals surface area contributed by atoms with Crippen LogP contribution in [0.4, 0.5) is 0 Å². The molecular weight excluding hydrogens is 296 g/mol. The highest BCUT2D eigenvalue weighted by Gasteiger charge is 2.31. The third-order valence-corrected chi connectivity index (χ3v) is 5.70. The van der Waals surface area contributed by atoms with E-state index < -0.39 is 0 Å². The van der Waals surface area contributed by atoms with Crippen molar-refractivity contribution >= 4 is 27.3 Å². The van der Waals surface area contributed by atoms with Crippen molar-refractivity contribution in [2.24, 2.45) is 11.7 Å². The minimum atomic E-state index is 0.489. The van der Waals surface area contributed by atoms with Gasteiger partial charge in [0.25, 0.3) is 0 Å². The number of rotatable bonds is 3. The lowest BCUT2D eigenvalue weighted by Gasteiger charge is -2.42. The van der Waals surface area contributed by atoms with Crippen molar-refractivity contribution in [2.45, 2.75) is 38.8 Å². The van der Waals surface area contributed by atoms with Gasteiger partial charge in [-0.2, -0.15) is 0 Å². The van der Waals surface area contributed by atoms with Gasteiger partial charge in [0.2, 0.25) is 0 Å². The largest absolute Gasteiger partial charge is 0.329 e. The summed E-state index contributed by atoms with van der Waals surface area (Å²) in [6.07, 6.45) is 2.62. The molecule has 0 aromatic carbocycles. The van der Waals surface area contributed by atoms with E-state index in [4.69, 9.17) is 5.73 Å². The summed E-state index contributed by atoms with van der Waals surface area (Å²) in [4.78, 5) is 4.02. The van der Waals surface area contributed by atoms with Crippen molar-refractivity contribution < 1.29 is 0 Å². The van der Waals surface area contributed by atoms with Gasteiger partial charge in [0.05, 0.1) is 3.79 Å². The molecule has 0 spiro atoms. The van der Waals surface area contributed by atoms with Gasteiger partial charge >= 0.3 is 0 Å². The minimum absolute atomic E-state index is 0.489. The molecule has 1 aliphatic heterocycles. The average Bonchev–Trinajstić information content (AvgIpc) is 2.74. The molecule has 2 N–H and O–H groups in total. The summed E-state index contributed by atoms with van der Waals surface area (Å²) in [5, 5.41) is 0. The Kier molecular flexibility index (Phi) is 4.64. The first-order chi connectivity index (χ1) is 8.13. The molecule has 1 aromatic rings. The predicted octanol–water partition coefficient (Wildman–Crippen LogP) is 3.63. The molecule has 1 aromatic heterocycles. The maximum atomic E-state index is 5.96. The first-order valence-electron chi connectivity index (χ1n) is 6.34. The van der Waals surface area contributed by atoms with Crippen LogP contribution >= 0.6 is 27.3 Å². The summed E-state index contributed by atoms with van der Waals surface area (Å²) in [5.41, 5.74) is 5.96. The van der Waals surface area contributed by atoms with Crippen LogP contribution in [-0.2, 0) is 0 Å². The quantitative estimate of drug-likeness (QED) is 0.922. The molecule has 0 saturated carbocycles. The summed E-state index contributed by atoms with van der Waals surface area (Å²) < 4.78 is 1.22. The van der Waals surface area contributed by atoms with Crippen molar-refractivity contribution in [1.29, 1.82) is 0 Å². The topological polar surface area (TPSA) is 29.3 Å². The Labute approximate surface area is 116 Å². The first kappa shape index (κ1) is 13.5. The summed E-state index contributed by atoms with van der Waals surface area (Å²) >= 11 is 5.38. The molecule has 0 amide bonds. The van der Waals surface area contributed by atoms with E-state index in [0.717, 1.165) is 12.5 Å². The molecular formula is C13H21BrN2S. The Balaban J connectivity index is 2.14. The van der Waals surface area contributed by atoms with E-state index in [1.165, 1.54) is 28.0 Å². The fraction of sp³-hybridized carbons (Fsp3) is 0.692. The maximum absolute atomic E-state index is 5.96. The molecule has 2 nitrogen and oxygen atoms in total. The Hall–Kier alpha value is 0.1000. The van der Waals surface area contributed by atoms with E-state index in [2.05, 4.69) is 46.8 Å². The van der Waals surface area contributed by atoms with Crippen LogP contribution in [0, 0.1) is 5.92 Å². The Morgan fingerprint density at radius 1 is 1.59 bits per heavy atom. The highest BCUT2D eigenvalue weighted by Crippen LogP contribution is 2.35. The molecule has 96 valence electrons. The number of thiophene rings is 1. The van der Waals surface area contributed by atoms with Crippen LogP contribution in [0.5, 0.6) is 0 Å². The van der Waals surface area contributed by atoms with Gasteiger partial charge in [-0.1, -0.05) is 6.92 Å². The fourth-order valence-electron chi connectivity index (χ4n) is 2.85. The summed E-state index contributed by atoms with van der Waals surface area (Å²) in [6, 6.07) is 5.40. The van der Waals surface area contributed by atoms with Gasteiger partial charge in [0, 0.05) is 23.5 Å². The lowest BCUT2D eigenvalue weighted by atomic mass is 9.89. The van der Waals surface area contributed by atoms with E-state index in [9.17, 15) is 0 Å². The summed E-state index contributed by atoms with van der Waals surface area (Å²) in [6.45, 7) is 6.60. The average molecular weight is 317 g/mol. The highest BCUT2D eigenvalue weighted by molar-refractivity contribution is 9.11. The molecule has 3 atom stereocenters. The van der Waals surface area contributed by atoms with Crippen molar-refractivity contribution in [3.05, 3.63) is 20.8 Å². The molecule has 17 heavy (non-hydrogen) atoms. The molecule has 4 heteroatoms. The highest BCUT2D eigenvalue weighted by atomic mass is 79.9. The van der Waals surface area contributed by atoms with Gasteiger partial charge in [-0.25, -0.2) is 0 Å². The Bertz CT molecular complexity index is 366. The van der Waals surface area contributed by atoms with Gasteiger partial charge in [-0.3, -0.25) is 4.90 Å². The molecule has 1 fully saturated rings. The molecule has 3 unspecified atom stereocenters. The molecule has 1 aliphatic rings. The molecule has 0 bridgehead atoms. The van der Waals surface area contributed by atoms with Crippen LogP contribution < -0.4 is 5.73 Å². The second kappa shape index (κ2) is 5.83. The maximum Gasteiger partial charge on any atom is 0.0701 e. The normalized spacial score (nSPS) is 28.2. The lowest BCUT2D eigenvalue weighted by Crippen LogP contribution is -2.49. The summed E-state index contributed by atoms with van der Waals surface area (Å²) in [5.74, 6) is 0.722. The zero-order valence-corrected chi connectivity index (χ0v) is 12.9. The lowest BCUT2D eigenvalue weighted by molar-refractivity contribution is 0.0703. The number of halogens is 1. The van der Waals surface area contributed by atoms with Gasteiger partial charge in [-0.05, 0) is 60.3 Å². The number of likely N-dealkylation sites (tertiary alicyclic amines) is 1. The molecule has 1 saturated heterocycles. The smallest absolute Gasteiger partial charge is 0.0701 e. The van der Waals surface area contributed by atoms with Crippen molar-refractivity contribution in [2.75, 3.05) is 13.1 Å². The van der Waals surface area contributed by atoms with E-state index in [1.54, 1.807) is 0 Å². The first-order valence-corrected chi connectivity index (χ1v) is 7.95. The van der Waals surface area contributed by atoms with Crippen LogP contribution in [0.25, 0.3) is 0 Å². The Morgan fingerprint density at radius 3 is 2.94 bits per heavy atom. The predicted molar refractivity (Wildman–Crippen MR) is 78.4 cm³/mol. The van der Waals surface area contributed by atoms with E-state index >= 15 is 0 Å². The molecule has 2 heterocycles.